The van der Waals surface area contributed by atoms with E-state index in [0.29, 0.717) is 28.8 Å². The first-order valence-electron chi connectivity index (χ1n) is 11.7. The Hall–Kier alpha value is -2.46. The number of benzene rings is 1. The average molecular weight is 490 g/mol. The van der Waals surface area contributed by atoms with Crippen molar-refractivity contribution in [1.82, 2.24) is 15.2 Å². The van der Waals surface area contributed by atoms with Gasteiger partial charge in [-0.2, -0.15) is 0 Å². The minimum atomic E-state index is -3.54. The number of quaternary nitrogens is 1. The molecule has 1 amide bonds. The normalized spacial score (nSPS) is 23.2. The highest BCUT2D eigenvalue weighted by atomic mass is 32.2. The molecule has 0 radical (unpaired) electrons. The summed E-state index contributed by atoms with van der Waals surface area (Å²) < 4.78 is 30.8. The maximum absolute atomic E-state index is 11.7. The molecule has 9 heteroatoms. The van der Waals surface area contributed by atoms with E-state index in [-0.39, 0.29) is 6.42 Å². The van der Waals surface area contributed by atoms with E-state index in [1.54, 1.807) is 24.3 Å². The predicted octanol–water partition coefficient (Wildman–Crippen LogP) is 1.99. The van der Waals surface area contributed by atoms with Crippen LogP contribution in [0.4, 0.5) is 0 Å². The van der Waals surface area contributed by atoms with Crippen LogP contribution in [0.2, 0.25) is 0 Å². The first-order chi connectivity index (χ1) is 16.2. The number of likely N-dealkylation sites (N-methyl/N-ethyl adjacent to an activating group) is 1. The molecule has 1 aromatic carbocycles. The Labute approximate surface area is 203 Å². The summed E-state index contributed by atoms with van der Waals surface area (Å²) in [6.07, 6.45) is 13.9. The molecule has 2 N–H and O–H groups in total. The molecule has 0 aromatic heterocycles. The zero-order valence-electron chi connectivity index (χ0n) is 20.2. The van der Waals surface area contributed by atoms with Crippen LogP contribution in [0, 0.1) is 5.92 Å². The van der Waals surface area contributed by atoms with Crippen LogP contribution in [0.5, 0.6) is 5.75 Å². The second kappa shape index (κ2) is 11.8. The molecular formula is C25H37N4O4S+. The highest BCUT2D eigenvalue weighted by Gasteiger charge is 2.39. The van der Waals surface area contributed by atoms with Gasteiger partial charge in [-0.05, 0) is 36.6 Å². The fraction of sp³-hybridized carbons (Fsp3) is 0.480. The van der Waals surface area contributed by atoms with Gasteiger partial charge in [-0.1, -0.05) is 36.4 Å². The molecule has 186 valence electrons. The van der Waals surface area contributed by atoms with E-state index in [4.69, 9.17) is 4.74 Å². The van der Waals surface area contributed by atoms with Crippen molar-refractivity contribution >= 4 is 15.9 Å². The third-order valence-electron chi connectivity index (χ3n) is 6.22. The summed E-state index contributed by atoms with van der Waals surface area (Å²) in [4.78, 5) is 11.7. The molecule has 0 bridgehead atoms. The van der Waals surface area contributed by atoms with E-state index in [1.807, 2.05) is 10.9 Å². The SMILES string of the molecule is C=C[N+](C)(CCCNN1C[C@H]1C1C=CC=CC1)CCOc1ccc(CC(=O)NS(C)(=O)=O)cc1. The van der Waals surface area contributed by atoms with Crippen molar-refractivity contribution in [3.05, 3.63) is 66.9 Å². The number of hydrogen-bond donors (Lipinski definition) is 2. The number of nitrogens with zero attached hydrogens (tertiary/aromatic N) is 2. The van der Waals surface area contributed by atoms with Gasteiger partial charge in [0.25, 0.3) is 0 Å². The Morgan fingerprint density at radius 1 is 1.26 bits per heavy atom. The second-order valence-corrected chi connectivity index (χ2v) is 11.0. The van der Waals surface area contributed by atoms with Gasteiger partial charge < -0.3 is 4.74 Å². The third kappa shape index (κ3) is 8.72. The summed E-state index contributed by atoms with van der Waals surface area (Å²) in [5.41, 5.74) is 4.27. The molecule has 1 aliphatic carbocycles. The van der Waals surface area contributed by atoms with Crippen molar-refractivity contribution in [2.75, 3.05) is 46.1 Å². The second-order valence-electron chi connectivity index (χ2n) is 9.27. The van der Waals surface area contributed by atoms with E-state index in [0.717, 1.165) is 50.8 Å². The summed E-state index contributed by atoms with van der Waals surface area (Å²) in [5.74, 6) is 0.785. The Morgan fingerprint density at radius 3 is 2.68 bits per heavy atom. The predicted molar refractivity (Wildman–Crippen MR) is 134 cm³/mol. The lowest BCUT2D eigenvalue weighted by Crippen LogP contribution is -2.43. The van der Waals surface area contributed by atoms with Crippen molar-refractivity contribution in [2.24, 2.45) is 5.92 Å². The Kier molecular flexibility index (Phi) is 9.07. The number of hydrazine groups is 1. The number of carbonyl (C=O) groups excluding carboxylic acids is 1. The van der Waals surface area contributed by atoms with Crippen LogP contribution < -0.4 is 14.9 Å². The van der Waals surface area contributed by atoms with Gasteiger partial charge in [0, 0.05) is 25.6 Å². The number of sulfonamides is 1. The Morgan fingerprint density at radius 2 is 2.03 bits per heavy atom. The molecule has 3 unspecified atom stereocenters. The molecule has 1 aliphatic heterocycles. The molecule has 1 aromatic rings. The van der Waals surface area contributed by atoms with Crippen LogP contribution in [-0.2, 0) is 21.2 Å². The lowest BCUT2D eigenvalue weighted by molar-refractivity contribution is -0.859. The molecule has 3 rings (SSSR count). The maximum Gasteiger partial charge on any atom is 0.237 e. The van der Waals surface area contributed by atoms with Crippen molar-refractivity contribution in [3.8, 4) is 5.75 Å². The highest BCUT2D eigenvalue weighted by Crippen LogP contribution is 2.28. The average Bonchev–Trinajstić information content (AvgIpc) is 3.57. The van der Waals surface area contributed by atoms with Gasteiger partial charge in [0.2, 0.25) is 15.9 Å². The zero-order chi connectivity index (χ0) is 24.6. The largest absolute Gasteiger partial charge is 0.488 e. The molecule has 2 aliphatic rings. The fourth-order valence-electron chi connectivity index (χ4n) is 4.05. The Balaban J connectivity index is 1.32. The van der Waals surface area contributed by atoms with Gasteiger partial charge >= 0.3 is 0 Å². The van der Waals surface area contributed by atoms with Gasteiger partial charge in [-0.15, -0.1) is 0 Å². The molecule has 0 spiro atoms. The number of allylic oxidation sites excluding steroid dienone is 3. The van der Waals surface area contributed by atoms with Gasteiger partial charge in [0.05, 0.1) is 32.5 Å². The number of amides is 1. The van der Waals surface area contributed by atoms with Gasteiger partial charge in [-0.25, -0.2) is 13.4 Å². The fourth-order valence-corrected chi connectivity index (χ4v) is 4.53. The molecule has 0 saturated carbocycles. The standard InChI is InChI=1S/C25H36N4O4S/c1-4-29(2,16-8-15-26-28-20-24(28)22-9-6-5-7-10-22)17-18-33-23-13-11-21(12-14-23)19-25(30)27-34(3,31)32/h4-7,9,11-14,22,24,26H,1,8,10,15-20H2,2-3H3/p+1/t22?,24-,28?,29?/m0/s1. The third-order valence-corrected chi connectivity index (χ3v) is 6.82. The van der Waals surface area contributed by atoms with Gasteiger partial charge in [0.15, 0.2) is 0 Å². The molecular weight excluding hydrogens is 452 g/mol. The summed E-state index contributed by atoms with van der Waals surface area (Å²) >= 11 is 0. The van der Waals surface area contributed by atoms with Crippen molar-refractivity contribution in [3.63, 3.8) is 0 Å². The van der Waals surface area contributed by atoms with Gasteiger partial charge in [-0.3, -0.25) is 19.4 Å². The van der Waals surface area contributed by atoms with E-state index in [9.17, 15) is 13.2 Å². The lowest BCUT2D eigenvalue weighted by atomic mass is 9.97. The summed E-state index contributed by atoms with van der Waals surface area (Å²) in [6.45, 7) is 8.39. The van der Waals surface area contributed by atoms with Crippen LogP contribution in [0.1, 0.15) is 18.4 Å². The van der Waals surface area contributed by atoms with Crippen LogP contribution >= 0.6 is 0 Å². The van der Waals surface area contributed by atoms with E-state index < -0.39 is 15.9 Å². The molecule has 1 heterocycles. The number of hydrogen-bond acceptors (Lipinski definition) is 6. The smallest absolute Gasteiger partial charge is 0.237 e. The molecule has 34 heavy (non-hydrogen) atoms. The van der Waals surface area contributed by atoms with Crippen LogP contribution in [-0.4, -0.2) is 75.9 Å². The molecule has 1 fully saturated rings. The van der Waals surface area contributed by atoms with Crippen molar-refractivity contribution in [1.29, 1.82) is 0 Å². The van der Waals surface area contributed by atoms with E-state index in [1.165, 1.54) is 0 Å². The lowest BCUT2D eigenvalue weighted by Gasteiger charge is -2.30. The van der Waals surface area contributed by atoms with E-state index >= 15 is 0 Å². The van der Waals surface area contributed by atoms with E-state index in [2.05, 4.69) is 48.4 Å². The topological polar surface area (TPSA) is 87.5 Å². The number of nitrogens with one attached hydrogen (secondary N) is 2. The molecule has 4 atom stereocenters. The minimum absolute atomic E-state index is 0.000605. The van der Waals surface area contributed by atoms with Crippen LogP contribution in [0.3, 0.4) is 0 Å². The summed E-state index contributed by atoms with van der Waals surface area (Å²) in [7, 11) is -1.39. The monoisotopic (exact) mass is 489 g/mol. The number of carbonyl (C=O) groups is 1. The van der Waals surface area contributed by atoms with Crippen molar-refractivity contribution < 1.29 is 22.4 Å². The van der Waals surface area contributed by atoms with Crippen LogP contribution in [0.25, 0.3) is 0 Å². The first-order valence-corrected chi connectivity index (χ1v) is 13.6. The summed E-state index contributed by atoms with van der Waals surface area (Å²) in [5, 5.41) is 2.34. The minimum Gasteiger partial charge on any atom is -0.488 e. The Bertz CT molecular complexity index is 1010. The maximum atomic E-state index is 11.7. The first kappa shape index (κ1) is 26.2. The zero-order valence-corrected chi connectivity index (χ0v) is 21.0. The highest BCUT2D eigenvalue weighted by molar-refractivity contribution is 7.89. The van der Waals surface area contributed by atoms with Gasteiger partial charge in [0.1, 0.15) is 18.9 Å². The number of rotatable bonds is 14. The van der Waals surface area contributed by atoms with Crippen molar-refractivity contribution in [2.45, 2.75) is 25.3 Å². The van der Waals surface area contributed by atoms with Crippen LogP contribution in [0.15, 0.2) is 61.3 Å². The molecule has 8 nitrogen and oxygen atoms in total. The molecule has 1 saturated heterocycles. The quantitative estimate of drug-likeness (QED) is 0.236. The number of ether oxygens (including phenoxy) is 1. The summed E-state index contributed by atoms with van der Waals surface area (Å²) in [6, 6.07) is 7.75.